The first kappa shape index (κ1) is 10.2. The molecule has 98 valence electrons. The van der Waals surface area contributed by atoms with Gasteiger partial charge in [-0.2, -0.15) is 0 Å². The standard InChI is InChI=1S/C15H22N2O/c18-14(12-2-1-3-16-12)17-13-11-5-9-4-10(6-11)8-15(13,17)7-9/h9-13,16H,1-8H2/t9-,10-,11?,12?,13-,15?,17?/m1/s1. The van der Waals surface area contributed by atoms with Crippen molar-refractivity contribution in [2.24, 2.45) is 17.8 Å². The fraction of sp³-hybridized carbons (Fsp3) is 0.933. The quantitative estimate of drug-likeness (QED) is 0.712. The average molecular weight is 246 g/mol. The lowest BCUT2D eigenvalue weighted by Crippen LogP contribution is -2.45. The minimum Gasteiger partial charge on any atom is -0.328 e. The summed E-state index contributed by atoms with van der Waals surface area (Å²) in [5.74, 6) is 3.22. The Balaban J connectivity index is 1.45. The molecule has 1 spiro atoms. The van der Waals surface area contributed by atoms with Gasteiger partial charge in [0.25, 0.3) is 0 Å². The molecule has 1 unspecified atom stereocenters. The molecule has 4 saturated carbocycles. The minimum atomic E-state index is 0.155. The molecule has 0 radical (unpaired) electrons. The van der Waals surface area contributed by atoms with Crippen molar-refractivity contribution in [1.82, 2.24) is 10.2 Å². The summed E-state index contributed by atoms with van der Waals surface area (Å²) in [6, 6.07) is 0.808. The number of carbonyl (C=O) groups excluding carboxylic acids is 1. The highest BCUT2D eigenvalue weighted by Gasteiger charge is 2.74. The van der Waals surface area contributed by atoms with Crippen molar-refractivity contribution < 1.29 is 4.79 Å². The Morgan fingerprint density at radius 2 is 1.94 bits per heavy atom. The molecular formula is C15H22N2O. The molecule has 1 amide bonds. The summed E-state index contributed by atoms with van der Waals surface area (Å²) in [6.45, 7) is 1.04. The van der Waals surface area contributed by atoms with E-state index < -0.39 is 0 Å². The first-order valence-electron chi connectivity index (χ1n) is 7.84. The number of rotatable bonds is 1. The van der Waals surface area contributed by atoms with E-state index in [4.69, 9.17) is 0 Å². The number of carbonyl (C=O) groups is 1. The second-order valence-corrected chi connectivity index (χ2v) is 7.51. The van der Waals surface area contributed by atoms with Gasteiger partial charge in [0.2, 0.25) is 5.91 Å². The van der Waals surface area contributed by atoms with Crippen molar-refractivity contribution in [2.75, 3.05) is 6.54 Å². The number of hydrogen-bond donors (Lipinski definition) is 1. The molecule has 18 heavy (non-hydrogen) atoms. The molecule has 2 saturated heterocycles. The van der Waals surface area contributed by atoms with Gasteiger partial charge in [0.15, 0.2) is 0 Å². The normalized spacial score (nSPS) is 55.8. The topological polar surface area (TPSA) is 32.1 Å². The van der Waals surface area contributed by atoms with Crippen LogP contribution in [0.3, 0.4) is 0 Å². The van der Waals surface area contributed by atoms with E-state index in [1.807, 2.05) is 0 Å². The van der Waals surface area contributed by atoms with E-state index in [0.29, 0.717) is 17.5 Å². The molecule has 6 rings (SSSR count). The molecule has 0 aromatic heterocycles. The average Bonchev–Trinajstić information content (AvgIpc) is 2.73. The molecule has 4 aliphatic carbocycles. The smallest absolute Gasteiger partial charge is 0.240 e. The van der Waals surface area contributed by atoms with Crippen LogP contribution in [0.4, 0.5) is 0 Å². The van der Waals surface area contributed by atoms with Crippen LogP contribution in [-0.2, 0) is 4.79 Å². The van der Waals surface area contributed by atoms with Gasteiger partial charge >= 0.3 is 0 Å². The Bertz CT molecular complexity index is 401. The Morgan fingerprint density at radius 1 is 1.17 bits per heavy atom. The molecular weight excluding hydrogens is 224 g/mol. The number of amides is 1. The van der Waals surface area contributed by atoms with Crippen LogP contribution >= 0.6 is 0 Å². The van der Waals surface area contributed by atoms with Gasteiger partial charge in [-0.25, -0.2) is 0 Å². The summed E-state index contributed by atoms with van der Waals surface area (Å²) in [5, 5.41) is 3.40. The lowest BCUT2D eigenvalue weighted by atomic mass is 9.56. The van der Waals surface area contributed by atoms with Crippen molar-refractivity contribution in [3.63, 3.8) is 0 Å². The van der Waals surface area contributed by atoms with Crippen molar-refractivity contribution >= 4 is 5.91 Å². The second kappa shape index (κ2) is 3.12. The predicted octanol–water partition coefficient (Wildman–Crippen LogP) is 1.53. The van der Waals surface area contributed by atoms with Gasteiger partial charge in [0.1, 0.15) is 0 Å². The maximum absolute atomic E-state index is 12.7. The van der Waals surface area contributed by atoms with E-state index in [-0.39, 0.29) is 6.04 Å². The summed E-state index contributed by atoms with van der Waals surface area (Å²) < 4.78 is 0. The fourth-order valence-electron chi connectivity index (χ4n) is 6.20. The molecule has 6 aliphatic rings. The summed E-state index contributed by atoms with van der Waals surface area (Å²) in [7, 11) is 0. The van der Waals surface area contributed by atoms with Crippen LogP contribution in [0.5, 0.6) is 0 Å². The van der Waals surface area contributed by atoms with Gasteiger partial charge in [-0.3, -0.25) is 4.79 Å². The zero-order valence-corrected chi connectivity index (χ0v) is 10.9. The lowest BCUT2D eigenvalue weighted by molar-refractivity contribution is -0.129. The fourth-order valence-corrected chi connectivity index (χ4v) is 6.20. The van der Waals surface area contributed by atoms with Gasteiger partial charge in [-0.15, -0.1) is 0 Å². The van der Waals surface area contributed by atoms with Crippen LogP contribution in [0.1, 0.15) is 44.9 Å². The third kappa shape index (κ3) is 1.08. The summed E-state index contributed by atoms with van der Waals surface area (Å²) in [4.78, 5) is 15.0. The number of nitrogens with one attached hydrogen (secondary N) is 1. The maximum atomic E-state index is 12.7. The van der Waals surface area contributed by atoms with Crippen molar-refractivity contribution in [3.05, 3.63) is 0 Å². The molecule has 2 aliphatic heterocycles. The monoisotopic (exact) mass is 246 g/mol. The van der Waals surface area contributed by atoms with Crippen LogP contribution in [0, 0.1) is 17.8 Å². The lowest BCUT2D eigenvalue weighted by Gasteiger charge is -2.47. The SMILES string of the molecule is O=C(C1CCCN1)N1[C@@H]2C3C[C@H]4C[C@H](C3)CC21C4. The molecule has 3 nitrogen and oxygen atoms in total. The largest absolute Gasteiger partial charge is 0.328 e. The number of hydrogen-bond acceptors (Lipinski definition) is 2. The van der Waals surface area contributed by atoms with Crippen LogP contribution in [0.2, 0.25) is 0 Å². The molecule has 3 heteroatoms. The van der Waals surface area contributed by atoms with E-state index in [0.717, 1.165) is 30.7 Å². The van der Waals surface area contributed by atoms with Crippen LogP contribution in [-0.4, -0.2) is 35.0 Å². The maximum Gasteiger partial charge on any atom is 0.240 e. The van der Waals surface area contributed by atoms with E-state index in [1.54, 1.807) is 0 Å². The molecule has 4 bridgehead atoms. The van der Waals surface area contributed by atoms with E-state index in [1.165, 1.54) is 38.5 Å². The summed E-state index contributed by atoms with van der Waals surface area (Å²) >= 11 is 0. The molecule has 1 N–H and O–H groups in total. The highest BCUT2D eigenvalue weighted by molar-refractivity contribution is 5.86. The second-order valence-electron chi connectivity index (χ2n) is 7.51. The zero-order valence-electron chi connectivity index (χ0n) is 10.9. The zero-order chi connectivity index (χ0) is 11.9. The number of nitrogens with zero attached hydrogens (tertiary/aromatic N) is 1. The van der Waals surface area contributed by atoms with E-state index >= 15 is 0 Å². The Kier molecular flexibility index (Phi) is 1.77. The van der Waals surface area contributed by atoms with Crippen LogP contribution in [0.15, 0.2) is 0 Å². The van der Waals surface area contributed by atoms with Crippen molar-refractivity contribution in [1.29, 1.82) is 0 Å². The Hall–Kier alpha value is -0.570. The minimum absolute atomic E-state index is 0.155. The first-order valence-corrected chi connectivity index (χ1v) is 7.84. The van der Waals surface area contributed by atoms with Gasteiger partial charge < -0.3 is 10.2 Å². The third-order valence-electron chi connectivity index (χ3n) is 6.51. The molecule has 4 atom stereocenters. The van der Waals surface area contributed by atoms with Gasteiger partial charge in [-0.05, 0) is 69.2 Å². The van der Waals surface area contributed by atoms with E-state index in [2.05, 4.69) is 10.2 Å². The molecule has 2 heterocycles. The molecule has 0 aromatic rings. The van der Waals surface area contributed by atoms with Gasteiger partial charge in [0.05, 0.1) is 17.6 Å². The third-order valence-corrected chi connectivity index (χ3v) is 6.51. The predicted molar refractivity (Wildman–Crippen MR) is 67.9 cm³/mol. The highest BCUT2D eigenvalue weighted by atomic mass is 16.2. The Morgan fingerprint density at radius 3 is 2.61 bits per heavy atom. The Labute approximate surface area is 108 Å². The first-order chi connectivity index (χ1) is 8.78. The molecule has 6 fully saturated rings. The summed E-state index contributed by atoms with van der Waals surface area (Å²) in [5.41, 5.74) is 0.357. The van der Waals surface area contributed by atoms with Crippen molar-refractivity contribution in [3.8, 4) is 0 Å². The van der Waals surface area contributed by atoms with Crippen LogP contribution < -0.4 is 5.32 Å². The molecule has 0 aromatic carbocycles. The van der Waals surface area contributed by atoms with E-state index in [9.17, 15) is 4.79 Å². The van der Waals surface area contributed by atoms with Crippen LogP contribution in [0.25, 0.3) is 0 Å². The number of likely N-dealkylation sites (tertiary alicyclic amines) is 1. The van der Waals surface area contributed by atoms with Gasteiger partial charge in [-0.1, -0.05) is 0 Å². The van der Waals surface area contributed by atoms with Gasteiger partial charge in [0, 0.05) is 0 Å². The summed E-state index contributed by atoms with van der Waals surface area (Å²) in [6.07, 6.45) is 9.22. The van der Waals surface area contributed by atoms with Crippen molar-refractivity contribution in [2.45, 2.75) is 62.6 Å². The highest BCUT2D eigenvalue weighted by Crippen LogP contribution is 2.68.